The third kappa shape index (κ3) is 4.22. The maximum absolute atomic E-state index is 13.9. The molecule has 192 valence electrons. The van der Waals surface area contributed by atoms with E-state index in [0.29, 0.717) is 17.1 Å². The van der Waals surface area contributed by atoms with Gasteiger partial charge in [-0.15, -0.1) is 0 Å². The molecule has 1 fully saturated rings. The summed E-state index contributed by atoms with van der Waals surface area (Å²) in [4.78, 5) is 23.4. The zero-order chi connectivity index (χ0) is 26.2. The molecule has 4 aromatic rings. The number of aromatic nitrogens is 3. The van der Waals surface area contributed by atoms with Crippen LogP contribution < -0.4 is 27.2 Å². The van der Waals surface area contributed by atoms with Crippen LogP contribution in [0, 0.1) is 5.41 Å². The van der Waals surface area contributed by atoms with Gasteiger partial charge >= 0.3 is 0 Å². The smallest absolute Gasteiger partial charge is 0.266 e. The lowest BCUT2D eigenvalue weighted by Crippen LogP contribution is -2.59. The molecule has 9 heteroatoms. The van der Waals surface area contributed by atoms with Crippen molar-refractivity contribution in [2.24, 2.45) is 12.0 Å². The third-order valence-corrected chi connectivity index (χ3v) is 8.73. The van der Waals surface area contributed by atoms with E-state index in [-0.39, 0.29) is 33.4 Å². The first-order valence-corrected chi connectivity index (χ1v) is 13.9. The predicted octanol–water partition coefficient (Wildman–Crippen LogP) is 2.12. The van der Waals surface area contributed by atoms with Crippen molar-refractivity contribution in [1.29, 1.82) is 5.41 Å². The van der Waals surface area contributed by atoms with Crippen molar-refractivity contribution < 1.29 is 4.21 Å². The predicted molar refractivity (Wildman–Crippen MR) is 146 cm³/mol. The normalized spacial score (nSPS) is 19.3. The van der Waals surface area contributed by atoms with E-state index in [4.69, 9.17) is 10.4 Å². The Labute approximate surface area is 222 Å². The Morgan fingerprint density at radius 2 is 1.82 bits per heavy atom. The first kappa shape index (κ1) is 24.2. The lowest BCUT2D eigenvalue weighted by Gasteiger charge is -2.16. The van der Waals surface area contributed by atoms with Crippen LogP contribution in [-0.2, 0) is 24.4 Å². The molecule has 0 radical (unpaired) electrons. The fraction of sp³-hybridized carbons (Fsp3) is 0.241. The summed E-state index contributed by atoms with van der Waals surface area (Å²) in [7, 11) is -0.0117. The molecule has 3 unspecified atom stereocenters. The fourth-order valence-electron chi connectivity index (χ4n) is 5.35. The molecule has 0 bridgehead atoms. The Balaban J connectivity index is 1.45. The average molecular weight is 525 g/mol. The molecule has 2 aromatic carbocycles. The van der Waals surface area contributed by atoms with Gasteiger partial charge in [-0.1, -0.05) is 48.5 Å². The molecule has 38 heavy (non-hydrogen) atoms. The van der Waals surface area contributed by atoms with Crippen LogP contribution >= 0.6 is 0 Å². The molecule has 3 heterocycles. The van der Waals surface area contributed by atoms with E-state index in [9.17, 15) is 9.00 Å². The van der Waals surface area contributed by atoms with Gasteiger partial charge < -0.3 is 5.32 Å². The second-order valence-corrected chi connectivity index (χ2v) is 11.0. The van der Waals surface area contributed by atoms with Crippen LogP contribution in [0.3, 0.4) is 0 Å². The summed E-state index contributed by atoms with van der Waals surface area (Å²) in [6, 6.07) is 23.0. The Morgan fingerprint density at radius 3 is 2.55 bits per heavy atom. The maximum Gasteiger partial charge on any atom is 0.266 e. The minimum Gasteiger partial charge on any atom is -0.373 e. The number of nitrogens with one attached hydrogen (secondary N) is 2. The Morgan fingerprint density at radius 1 is 1.05 bits per heavy atom. The topological polar surface area (TPSA) is 105 Å². The number of pyridine rings is 1. The number of benzene rings is 2. The van der Waals surface area contributed by atoms with Gasteiger partial charge in [-0.2, -0.15) is 0 Å². The second-order valence-electron chi connectivity index (χ2n) is 9.63. The third-order valence-electron chi connectivity index (χ3n) is 7.31. The summed E-state index contributed by atoms with van der Waals surface area (Å²) in [5.74, 6) is 0. The van der Waals surface area contributed by atoms with Crippen molar-refractivity contribution in [2.45, 2.75) is 42.8 Å². The molecule has 3 atom stereocenters. The highest BCUT2D eigenvalue weighted by Gasteiger charge is 2.35. The molecule has 1 saturated carbocycles. The molecular weight excluding hydrogens is 496 g/mol. The standard InChI is InChI=1S/C29H28N6O2S/c1-34-28(36)25(26(30)35-24-12-7-11-23(24)33-29(34)35)27(38(37)21-8-3-2-4-9-21)32-18-19-13-15-20(16-14-19)22-10-5-6-17-31-22/h2-6,8-10,13-17,23-24,30,32H,7,11-12,18H2,1H3. The molecule has 1 aliphatic heterocycles. The number of fused-ring (bicyclic) bond motifs is 3. The minimum atomic E-state index is -1.69. The first-order chi connectivity index (χ1) is 18.5. The van der Waals surface area contributed by atoms with Gasteiger partial charge in [0.1, 0.15) is 26.5 Å². The second kappa shape index (κ2) is 9.98. The molecule has 2 aliphatic rings. The summed E-state index contributed by atoms with van der Waals surface area (Å²) in [6.45, 7) is 0.344. The number of nitrogens with zero attached hydrogens (tertiary/aromatic N) is 4. The van der Waals surface area contributed by atoms with Gasteiger partial charge in [0.15, 0.2) is 0 Å². The van der Waals surface area contributed by atoms with Crippen LogP contribution in [-0.4, -0.2) is 24.4 Å². The van der Waals surface area contributed by atoms with Crippen LogP contribution in [0.15, 0.2) is 93.7 Å². The van der Waals surface area contributed by atoms with Gasteiger partial charge in [0, 0.05) is 30.2 Å². The summed E-state index contributed by atoms with van der Waals surface area (Å²) >= 11 is 0. The molecule has 8 nitrogen and oxygen atoms in total. The molecule has 0 amide bonds. The summed E-state index contributed by atoms with van der Waals surface area (Å²) in [5.41, 5.74) is 3.06. The van der Waals surface area contributed by atoms with Crippen molar-refractivity contribution in [2.75, 3.05) is 0 Å². The number of hydrogen-bond acceptors (Lipinski definition) is 6. The van der Waals surface area contributed by atoms with Gasteiger partial charge in [-0.05, 0) is 49.1 Å². The van der Waals surface area contributed by atoms with Crippen molar-refractivity contribution >= 4 is 15.8 Å². The highest BCUT2D eigenvalue weighted by molar-refractivity contribution is 7.94. The van der Waals surface area contributed by atoms with E-state index >= 15 is 0 Å². The van der Waals surface area contributed by atoms with E-state index in [1.165, 1.54) is 4.57 Å². The van der Waals surface area contributed by atoms with E-state index in [0.717, 1.165) is 36.1 Å². The van der Waals surface area contributed by atoms with E-state index in [1.807, 2.05) is 65.2 Å². The zero-order valence-corrected chi connectivity index (χ0v) is 21.8. The van der Waals surface area contributed by atoms with Gasteiger partial charge in [0.2, 0.25) is 5.62 Å². The quantitative estimate of drug-likeness (QED) is 0.403. The molecule has 0 saturated heterocycles. The molecule has 1 aliphatic carbocycles. The highest BCUT2D eigenvalue weighted by atomic mass is 32.2. The molecule has 2 N–H and O–H groups in total. The lowest BCUT2D eigenvalue weighted by molar-refractivity contribution is 0.465. The average Bonchev–Trinajstić information content (AvgIpc) is 3.56. The molecular formula is C29H28N6O2S. The van der Waals surface area contributed by atoms with Crippen molar-refractivity contribution in [3.63, 3.8) is 0 Å². The summed E-state index contributed by atoms with van der Waals surface area (Å²) in [6.07, 6.45) is 4.68. The monoisotopic (exact) mass is 524 g/mol. The van der Waals surface area contributed by atoms with Crippen molar-refractivity contribution in [1.82, 2.24) is 19.4 Å². The van der Waals surface area contributed by atoms with E-state index < -0.39 is 10.8 Å². The summed E-state index contributed by atoms with van der Waals surface area (Å²) < 4.78 is 17.2. The van der Waals surface area contributed by atoms with Crippen LogP contribution in [0.4, 0.5) is 0 Å². The van der Waals surface area contributed by atoms with E-state index in [2.05, 4.69) is 10.3 Å². The molecule has 0 spiro atoms. The number of rotatable bonds is 6. The number of hydrogen-bond donors (Lipinski definition) is 2. The Bertz CT molecular complexity index is 1760. The lowest BCUT2D eigenvalue weighted by atomic mass is 10.1. The fourth-order valence-corrected chi connectivity index (χ4v) is 6.56. The molecule has 6 rings (SSSR count). The zero-order valence-electron chi connectivity index (χ0n) is 21.0. The Hall–Kier alpha value is -4.11. The summed E-state index contributed by atoms with van der Waals surface area (Å²) in [5, 5.41) is 12.8. The van der Waals surface area contributed by atoms with Gasteiger partial charge in [0.05, 0.1) is 17.8 Å². The minimum absolute atomic E-state index is 0.0635. The van der Waals surface area contributed by atoms with E-state index in [1.54, 1.807) is 25.4 Å². The largest absolute Gasteiger partial charge is 0.373 e. The van der Waals surface area contributed by atoms with Gasteiger partial charge in [-0.3, -0.25) is 24.3 Å². The van der Waals surface area contributed by atoms with Crippen LogP contribution in [0.2, 0.25) is 0 Å². The van der Waals surface area contributed by atoms with Crippen molar-refractivity contribution in [3.8, 4) is 11.3 Å². The first-order valence-electron chi connectivity index (χ1n) is 12.7. The van der Waals surface area contributed by atoms with Crippen LogP contribution in [0.5, 0.6) is 0 Å². The SMILES string of the molecule is Cn1c(=O)c(=C(NCc2ccc(-c3ccccn3)cc2)S(=O)c2ccccc2)c(=N)n2c1=NC1CCCC12. The highest BCUT2D eigenvalue weighted by Crippen LogP contribution is 2.32. The Kier molecular flexibility index (Phi) is 6.37. The van der Waals surface area contributed by atoms with Crippen molar-refractivity contribution in [3.05, 3.63) is 111 Å². The van der Waals surface area contributed by atoms with Gasteiger partial charge in [0.25, 0.3) is 5.56 Å². The van der Waals surface area contributed by atoms with Crippen LogP contribution in [0.1, 0.15) is 30.9 Å². The molecule has 2 aromatic heterocycles. The van der Waals surface area contributed by atoms with Crippen LogP contribution in [0.25, 0.3) is 16.3 Å². The maximum atomic E-state index is 13.9. The van der Waals surface area contributed by atoms with Gasteiger partial charge in [-0.25, -0.2) is 9.20 Å².